The summed E-state index contributed by atoms with van der Waals surface area (Å²) in [6, 6.07) is 9.85. The molecular formula is C16H21N3O. The maximum atomic E-state index is 5.74. The standard InChI is InChI=1S/C16H21N3O/c1-5-17-15-18-11-10-14(19-15)20-13-8-6-12(7-9-13)16(2,3)4/h6-11H,5H2,1-4H3,(H,17,18,19). The van der Waals surface area contributed by atoms with Gasteiger partial charge in [-0.2, -0.15) is 4.98 Å². The quantitative estimate of drug-likeness (QED) is 0.913. The van der Waals surface area contributed by atoms with Crippen LogP contribution in [0.25, 0.3) is 0 Å². The van der Waals surface area contributed by atoms with Crippen LogP contribution in [-0.4, -0.2) is 16.5 Å². The third-order valence-corrected chi connectivity index (χ3v) is 2.91. The van der Waals surface area contributed by atoms with Crippen LogP contribution in [0.2, 0.25) is 0 Å². The number of aromatic nitrogens is 2. The molecule has 0 amide bonds. The summed E-state index contributed by atoms with van der Waals surface area (Å²) in [5.74, 6) is 1.90. The van der Waals surface area contributed by atoms with Crippen molar-refractivity contribution in [3.63, 3.8) is 0 Å². The third kappa shape index (κ3) is 3.70. The van der Waals surface area contributed by atoms with Gasteiger partial charge in [0.05, 0.1) is 0 Å². The van der Waals surface area contributed by atoms with Gasteiger partial charge in [0, 0.05) is 18.8 Å². The number of hydrogen-bond donors (Lipinski definition) is 1. The predicted molar refractivity (Wildman–Crippen MR) is 81.4 cm³/mol. The summed E-state index contributed by atoms with van der Waals surface area (Å²) in [5.41, 5.74) is 1.42. The van der Waals surface area contributed by atoms with E-state index in [9.17, 15) is 0 Å². The van der Waals surface area contributed by atoms with E-state index in [1.165, 1.54) is 5.56 Å². The van der Waals surface area contributed by atoms with Crippen LogP contribution in [-0.2, 0) is 5.41 Å². The highest BCUT2D eigenvalue weighted by Crippen LogP contribution is 2.26. The second-order valence-corrected chi connectivity index (χ2v) is 5.63. The van der Waals surface area contributed by atoms with E-state index in [1.54, 1.807) is 12.3 Å². The van der Waals surface area contributed by atoms with Crippen molar-refractivity contribution in [1.29, 1.82) is 0 Å². The second-order valence-electron chi connectivity index (χ2n) is 5.63. The van der Waals surface area contributed by atoms with Crippen LogP contribution < -0.4 is 10.1 Å². The molecule has 1 aromatic heterocycles. The van der Waals surface area contributed by atoms with Crippen LogP contribution in [0.1, 0.15) is 33.3 Å². The highest BCUT2D eigenvalue weighted by molar-refractivity contribution is 5.34. The Hall–Kier alpha value is -2.10. The Bertz CT molecular complexity index is 559. The molecule has 0 aliphatic rings. The van der Waals surface area contributed by atoms with Crippen LogP contribution in [0.3, 0.4) is 0 Å². The van der Waals surface area contributed by atoms with E-state index in [4.69, 9.17) is 4.74 Å². The maximum absolute atomic E-state index is 5.74. The normalized spacial score (nSPS) is 11.2. The minimum atomic E-state index is 0.145. The van der Waals surface area contributed by atoms with Crippen LogP contribution >= 0.6 is 0 Å². The minimum absolute atomic E-state index is 0.145. The van der Waals surface area contributed by atoms with Crippen molar-refractivity contribution in [3.8, 4) is 11.6 Å². The lowest BCUT2D eigenvalue weighted by atomic mass is 9.87. The van der Waals surface area contributed by atoms with Gasteiger partial charge >= 0.3 is 0 Å². The van der Waals surface area contributed by atoms with Gasteiger partial charge in [-0.15, -0.1) is 0 Å². The van der Waals surface area contributed by atoms with Gasteiger partial charge in [-0.05, 0) is 30.0 Å². The van der Waals surface area contributed by atoms with E-state index < -0.39 is 0 Å². The first-order chi connectivity index (χ1) is 9.49. The number of rotatable bonds is 4. The van der Waals surface area contributed by atoms with Crippen LogP contribution in [0.5, 0.6) is 11.6 Å². The van der Waals surface area contributed by atoms with Crippen LogP contribution in [0.15, 0.2) is 36.5 Å². The molecule has 1 N–H and O–H groups in total. The number of nitrogens with zero attached hydrogens (tertiary/aromatic N) is 2. The van der Waals surface area contributed by atoms with Gasteiger partial charge in [-0.1, -0.05) is 32.9 Å². The summed E-state index contributed by atoms with van der Waals surface area (Å²) in [6.45, 7) is 9.35. The summed E-state index contributed by atoms with van der Waals surface area (Å²) in [4.78, 5) is 8.40. The van der Waals surface area contributed by atoms with Gasteiger partial charge in [0.15, 0.2) is 0 Å². The number of benzene rings is 1. The van der Waals surface area contributed by atoms with Gasteiger partial charge in [0.2, 0.25) is 11.8 Å². The van der Waals surface area contributed by atoms with Crippen molar-refractivity contribution in [1.82, 2.24) is 9.97 Å². The Morgan fingerprint density at radius 2 is 1.80 bits per heavy atom. The smallest absolute Gasteiger partial charge is 0.225 e. The zero-order chi connectivity index (χ0) is 14.6. The van der Waals surface area contributed by atoms with Crippen molar-refractivity contribution in [2.24, 2.45) is 0 Å². The largest absolute Gasteiger partial charge is 0.439 e. The first-order valence-electron chi connectivity index (χ1n) is 6.84. The Balaban J connectivity index is 2.12. The molecule has 2 rings (SSSR count). The number of nitrogens with one attached hydrogen (secondary N) is 1. The van der Waals surface area contributed by atoms with Crippen LogP contribution in [0, 0.1) is 0 Å². The molecule has 0 atom stereocenters. The molecule has 20 heavy (non-hydrogen) atoms. The van der Waals surface area contributed by atoms with Crippen molar-refractivity contribution in [3.05, 3.63) is 42.1 Å². The fourth-order valence-electron chi connectivity index (χ4n) is 1.79. The average Bonchev–Trinajstić information content (AvgIpc) is 2.39. The summed E-state index contributed by atoms with van der Waals surface area (Å²) < 4.78 is 5.74. The lowest BCUT2D eigenvalue weighted by Gasteiger charge is -2.19. The molecule has 0 aliphatic heterocycles. The summed E-state index contributed by atoms with van der Waals surface area (Å²) >= 11 is 0. The molecule has 0 saturated heterocycles. The summed E-state index contributed by atoms with van der Waals surface area (Å²) in [6.07, 6.45) is 1.68. The van der Waals surface area contributed by atoms with E-state index in [1.807, 2.05) is 19.1 Å². The van der Waals surface area contributed by atoms with Crippen molar-refractivity contribution in [2.75, 3.05) is 11.9 Å². The maximum Gasteiger partial charge on any atom is 0.225 e. The fourth-order valence-corrected chi connectivity index (χ4v) is 1.79. The SMILES string of the molecule is CCNc1nccc(Oc2ccc(C(C)(C)C)cc2)n1. The second kappa shape index (κ2) is 5.90. The Morgan fingerprint density at radius 3 is 2.40 bits per heavy atom. The highest BCUT2D eigenvalue weighted by Gasteiger charge is 2.13. The number of hydrogen-bond acceptors (Lipinski definition) is 4. The average molecular weight is 271 g/mol. The molecule has 0 bridgehead atoms. The van der Waals surface area contributed by atoms with Gasteiger partial charge in [0.25, 0.3) is 0 Å². The molecule has 4 nitrogen and oxygen atoms in total. The van der Waals surface area contributed by atoms with Crippen molar-refractivity contribution >= 4 is 5.95 Å². The summed E-state index contributed by atoms with van der Waals surface area (Å²) in [7, 11) is 0. The summed E-state index contributed by atoms with van der Waals surface area (Å²) in [5, 5.41) is 3.06. The molecule has 1 heterocycles. The molecule has 2 aromatic rings. The van der Waals surface area contributed by atoms with Crippen LogP contribution in [0.4, 0.5) is 5.95 Å². The molecule has 1 aromatic carbocycles. The molecule has 0 unspecified atom stereocenters. The zero-order valence-corrected chi connectivity index (χ0v) is 12.5. The topological polar surface area (TPSA) is 47.0 Å². The van der Waals surface area contributed by atoms with Gasteiger partial charge in [-0.3, -0.25) is 0 Å². The monoisotopic (exact) mass is 271 g/mol. The molecular weight excluding hydrogens is 250 g/mol. The Morgan fingerprint density at radius 1 is 1.10 bits per heavy atom. The van der Waals surface area contributed by atoms with Crippen molar-refractivity contribution < 1.29 is 4.74 Å². The molecule has 0 fully saturated rings. The van der Waals surface area contributed by atoms with Gasteiger partial charge in [0.1, 0.15) is 5.75 Å². The van der Waals surface area contributed by atoms with E-state index in [2.05, 4.69) is 48.2 Å². The molecule has 0 aliphatic carbocycles. The third-order valence-electron chi connectivity index (χ3n) is 2.91. The lowest BCUT2D eigenvalue weighted by Crippen LogP contribution is -2.10. The molecule has 0 radical (unpaired) electrons. The van der Waals surface area contributed by atoms with E-state index in [0.29, 0.717) is 11.8 Å². The predicted octanol–water partition coefficient (Wildman–Crippen LogP) is 4.00. The van der Waals surface area contributed by atoms with E-state index in [0.717, 1.165) is 12.3 Å². The van der Waals surface area contributed by atoms with Gasteiger partial charge in [-0.25, -0.2) is 4.98 Å². The zero-order valence-electron chi connectivity index (χ0n) is 12.5. The van der Waals surface area contributed by atoms with Gasteiger partial charge < -0.3 is 10.1 Å². The molecule has 0 spiro atoms. The first-order valence-corrected chi connectivity index (χ1v) is 6.84. The Labute approximate surface area is 120 Å². The minimum Gasteiger partial charge on any atom is -0.439 e. The molecule has 106 valence electrons. The Kier molecular flexibility index (Phi) is 4.23. The molecule has 4 heteroatoms. The molecule has 0 saturated carbocycles. The van der Waals surface area contributed by atoms with Crippen molar-refractivity contribution in [2.45, 2.75) is 33.1 Å². The first kappa shape index (κ1) is 14.3. The van der Waals surface area contributed by atoms with E-state index in [-0.39, 0.29) is 5.41 Å². The lowest BCUT2D eigenvalue weighted by molar-refractivity contribution is 0.461. The fraction of sp³-hybridized carbons (Fsp3) is 0.375. The van der Waals surface area contributed by atoms with E-state index >= 15 is 0 Å². The number of anilines is 1. The highest BCUT2D eigenvalue weighted by atomic mass is 16.5. The number of ether oxygens (including phenoxy) is 1.